The van der Waals surface area contributed by atoms with Crippen LogP contribution in [0.1, 0.15) is 61.3 Å². The fraction of sp³-hybridized carbons (Fsp3) is 0.889. The average Bonchev–Trinajstić information content (AvgIpc) is 2.39. The minimum absolute atomic E-state index is 0.141. The minimum atomic E-state index is -1.81. The summed E-state index contributed by atoms with van der Waals surface area (Å²) in [5.74, 6) is -0.444. The lowest BCUT2D eigenvalue weighted by molar-refractivity contribution is -0.145. The molecule has 0 aliphatic heterocycles. The van der Waals surface area contributed by atoms with Crippen LogP contribution in [-0.4, -0.2) is 45.2 Å². The Labute approximate surface area is 154 Å². The Morgan fingerprint density at radius 3 is 2.08 bits per heavy atom. The van der Waals surface area contributed by atoms with Gasteiger partial charge in [0.2, 0.25) is 0 Å². The molecule has 1 unspecified atom stereocenters. The summed E-state index contributed by atoms with van der Waals surface area (Å²) >= 11 is 0. The van der Waals surface area contributed by atoms with Crippen LogP contribution in [0.2, 0.25) is 18.1 Å². The molecule has 0 spiro atoms. The Kier molecular flexibility index (Phi) is 9.15. The van der Waals surface area contributed by atoms with E-state index in [1.807, 2.05) is 0 Å². The monoisotopic (exact) mass is 375 g/mol. The minimum Gasteiger partial charge on any atom is -0.464 e. The van der Waals surface area contributed by atoms with Crippen molar-refractivity contribution in [3.63, 3.8) is 0 Å². The molecule has 148 valence electrons. The highest BCUT2D eigenvalue weighted by Crippen LogP contribution is 2.36. The van der Waals surface area contributed by atoms with Gasteiger partial charge in [-0.05, 0) is 58.7 Å². The SMILES string of the molecule is CCOC(=O)C(CCCO[Si](C)(C)C(C)(C)C)NC(=O)OC(C)(C)C. The summed E-state index contributed by atoms with van der Waals surface area (Å²) in [6, 6.07) is -0.724. The van der Waals surface area contributed by atoms with Crippen molar-refractivity contribution in [2.75, 3.05) is 13.2 Å². The van der Waals surface area contributed by atoms with E-state index in [2.05, 4.69) is 39.2 Å². The zero-order valence-corrected chi connectivity index (χ0v) is 18.4. The second kappa shape index (κ2) is 9.57. The van der Waals surface area contributed by atoms with Crippen molar-refractivity contribution in [3.8, 4) is 0 Å². The fourth-order valence-electron chi connectivity index (χ4n) is 1.77. The van der Waals surface area contributed by atoms with Crippen LogP contribution in [0.3, 0.4) is 0 Å². The van der Waals surface area contributed by atoms with Crippen molar-refractivity contribution < 1.29 is 23.5 Å². The van der Waals surface area contributed by atoms with Gasteiger partial charge in [-0.3, -0.25) is 0 Å². The fourth-order valence-corrected chi connectivity index (χ4v) is 2.86. The highest BCUT2D eigenvalue weighted by atomic mass is 28.4. The molecule has 0 aliphatic rings. The van der Waals surface area contributed by atoms with Crippen molar-refractivity contribution in [1.82, 2.24) is 5.32 Å². The second-order valence-electron chi connectivity index (χ2n) is 8.70. The van der Waals surface area contributed by atoms with Gasteiger partial charge in [-0.15, -0.1) is 0 Å². The van der Waals surface area contributed by atoms with Crippen molar-refractivity contribution in [3.05, 3.63) is 0 Å². The van der Waals surface area contributed by atoms with Gasteiger partial charge in [0.05, 0.1) is 6.61 Å². The predicted octanol–water partition coefficient (Wildman–Crippen LogP) is 4.24. The van der Waals surface area contributed by atoms with E-state index in [4.69, 9.17) is 13.9 Å². The number of hydrogen-bond acceptors (Lipinski definition) is 5. The molecule has 0 saturated carbocycles. The molecule has 0 saturated heterocycles. The van der Waals surface area contributed by atoms with Gasteiger partial charge in [-0.1, -0.05) is 20.8 Å². The molecule has 0 aromatic carbocycles. The second-order valence-corrected chi connectivity index (χ2v) is 13.5. The van der Waals surface area contributed by atoms with Gasteiger partial charge in [-0.25, -0.2) is 9.59 Å². The van der Waals surface area contributed by atoms with Gasteiger partial charge < -0.3 is 19.2 Å². The Morgan fingerprint density at radius 1 is 1.08 bits per heavy atom. The lowest BCUT2D eigenvalue weighted by Gasteiger charge is -2.36. The smallest absolute Gasteiger partial charge is 0.408 e. The third kappa shape index (κ3) is 9.84. The largest absolute Gasteiger partial charge is 0.464 e. The summed E-state index contributed by atoms with van der Waals surface area (Å²) in [4.78, 5) is 24.0. The summed E-state index contributed by atoms with van der Waals surface area (Å²) in [6.45, 7) is 18.8. The van der Waals surface area contributed by atoms with Crippen LogP contribution in [0.4, 0.5) is 4.79 Å². The quantitative estimate of drug-likeness (QED) is 0.390. The van der Waals surface area contributed by atoms with E-state index in [1.54, 1.807) is 27.7 Å². The van der Waals surface area contributed by atoms with Crippen molar-refractivity contribution >= 4 is 20.4 Å². The summed E-state index contributed by atoms with van der Waals surface area (Å²) in [7, 11) is -1.81. The van der Waals surface area contributed by atoms with Crippen LogP contribution in [0.15, 0.2) is 0 Å². The maximum Gasteiger partial charge on any atom is 0.408 e. The van der Waals surface area contributed by atoms with Gasteiger partial charge in [0.1, 0.15) is 11.6 Å². The molecule has 7 heteroatoms. The first kappa shape index (κ1) is 23.9. The molecule has 6 nitrogen and oxygen atoms in total. The van der Waals surface area contributed by atoms with Gasteiger partial charge in [-0.2, -0.15) is 0 Å². The first-order valence-electron chi connectivity index (χ1n) is 8.99. The summed E-state index contributed by atoms with van der Waals surface area (Å²) in [5, 5.41) is 2.75. The van der Waals surface area contributed by atoms with E-state index in [1.165, 1.54) is 0 Å². The molecule has 0 bridgehead atoms. The first-order chi connectivity index (χ1) is 11.2. The Morgan fingerprint density at radius 2 is 1.64 bits per heavy atom. The van der Waals surface area contributed by atoms with Crippen LogP contribution in [0, 0.1) is 0 Å². The predicted molar refractivity (Wildman–Crippen MR) is 102 cm³/mol. The number of amides is 1. The third-order valence-electron chi connectivity index (χ3n) is 4.17. The zero-order valence-electron chi connectivity index (χ0n) is 17.4. The molecule has 1 atom stereocenters. The van der Waals surface area contributed by atoms with Crippen molar-refractivity contribution in [1.29, 1.82) is 0 Å². The van der Waals surface area contributed by atoms with E-state index in [-0.39, 0.29) is 11.6 Å². The summed E-state index contributed by atoms with van der Waals surface area (Å²) in [6.07, 6.45) is 0.495. The lowest BCUT2D eigenvalue weighted by atomic mass is 10.1. The van der Waals surface area contributed by atoms with E-state index >= 15 is 0 Å². The third-order valence-corrected chi connectivity index (χ3v) is 8.71. The standard InChI is InChI=1S/C18H37NO5Si/c1-10-22-15(20)14(19-16(21)24-17(2,3)4)12-11-13-23-25(8,9)18(5,6)7/h14H,10-13H2,1-9H3,(H,19,21). The molecule has 0 aliphatic carbocycles. The number of carbonyl (C=O) groups is 2. The van der Waals surface area contributed by atoms with Gasteiger partial charge in [0.25, 0.3) is 0 Å². The van der Waals surface area contributed by atoms with Crippen LogP contribution >= 0.6 is 0 Å². The number of alkyl carbamates (subject to hydrolysis) is 1. The van der Waals surface area contributed by atoms with E-state index < -0.39 is 32.0 Å². The maximum atomic E-state index is 12.1. The number of rotatable bonds is 8. The van der Waals surface area contributed by atoms with Crippen LogP contribution in [0.25, 0.3) is 0 Å². The van der Waals surface area contributed by atoms with Gasteiger partial charge in [0, 0.05) is 6.61 Å². The van der Waals surface area contributed by atoms with Crippen LogP contribution < -0.4 is 5.32 Å². The van der Waals surface area contributed by atoms with E-state index in [0.717, 1.165) is 0 Å². The summed E-state index contributed by atoms with van der Waals surface area (Å²) in [5.41, 5.74) is -0.616. The number of ether oxygens (including phenoxy) is 2. The molecular weight excluding hydrogens is 338 g/mol. The molecule has 0 radical (unpaired) electrons. The van der Waals surface area contributed by atoms with Gasteiger partial charge >= 0.3 is 12.1 Å². The summed E-state index contributed by atoms with van der Waals surface area (Å²) < 4.78 is 16.4. The molecule has 0 fully saturated rings. The molecule has 0 aromatic rings. The molecular formula is C18H37NO5Si. The molecule has 1 N–H and O–H groups in total. The number of esters is 1. The molecule has 25 heavy (non-hydrogen) atoms. The van der Waals surface area contributed by atoms with E-state index in [9.17, 15) is 9.59 Å². The zero-order chi connectivity index (χ0) is 19.9. The highest BCUT2D eigenvalue weighted by molar-refractivity contribution is 6.74. The number of nitrogens with one attached hydrogen (secondary N) is 1. The van der Waals surface area contributed by atoms with Crippen LogP contribution in [0.5, 0.6) is 0 Å². The van der Waals surface area contributed by atoms with E-state index in [0.29, 0.717) is 19.4 Å². The molecule has 1 amide bonds. The van der Waals surface area contributed by atoms with Crippen molar-refractivity contribution in [2.45, 2.75) is 91.1 Å². The molecule has 0 heterocycles. The Hall–Kier alpha value is -1.08. The normalized spacial score (nSPS) is 14.0. The topological polar surface area (TPSA) is 73.9 Å². The number of hydrogen-bond donors (Lipinski definition) is 1. The number of carbonyl (C=O) groups excluding carboxylic acids is 2. The average molecular weight is 376 g/mol. The highest BCUT2D eigenvalue weighted by Gasteiger charge is 2.37. The maximum absolute atomic E-state index is 12.1. The molecule has 0 rings (SSSR count). The Bertz CT molecular complexity index is 438. The van der Waals surface area contributed by atoms with Gasteiger partial charge in [0.15, 0.2) is 8.32 Å². The van der Waals surface area contributed by atoms with Crippen LogP contribution in [-0.2, 0) is 18.7 Å². The van der Waals surface area contributed by atoms with Crippen molar-refractivity contribution in [2.24, 2.45) is 0 Å². The lowest BCUT2D eigenvalue weighted by Crippen LogP contribution is -2.45. The molecule has 0 aromatic heterocycles. The first-order valence-corrected chi connectivity index (χ1v) is 11.9. The Balaban J connectivity index is 4.61.